The Balaban J connectivity index is 1.85. The van der Waals surface area contributed by atoms with E-state index in [9.17, 15) is 9.90 Å². The Bertz CT molecular complexity index is 626. The summed E-state index contributed by atoms with van der Waals surface area (Å²) in [5.41, 5.74) is 1.18. The lowest BCUT2D eigenvalue weighted by Gasteiger charge is -2.39. The zero-order chi connectivity index (χ0) is 19.2. The van der Waals surface area contributed by atoms with Gasteiger partial charge in [0.2, 0.25) is 6.29 Å². The van der Waals surface area contributed by atoms with Gasteiger partial charge in [-0.2, -0.15) is 11.3 Å². The number of hydrogen-bond donors (Lipinski definition) is 1. The summed E-state index contributed by atoms with van der Waals surface area (Å²) in [6, 6.07) is 2.10. The zero-order valence-corrected chi connectivity index (χ0v) is 17.0. The van der Waals surface area contributed by atoms with E-state index < -0.39 is 6.29 Å². The SMILES string of the molecule is CCO[C@H]1OC(C(=O)N2CCN(C)CC2)=C[C@@H](c2ccsc2)[C@@H]1CCCO. The smallest absolute Gasteiger partial charge is 0.288 e. The highest BCUT2D eigenvalue weighted by Crippen LogP contribution is 2.40. The molecule has 1 saturated heterocycles. The lowest BCUT2D eigenvalue weighted by Crippen LogP contribution is -2.49. The van der Waals surface area contributed by atoms with E-state index in [4.69, 9.17) is 9.47 Å². The lowest BCUT2D eigenvalue weighted by molar-refractivity contribution is -0.170. The van der Waals surface area contributed by atoms with Gasteiger partial charge < -0.3 is 24.4 Å². The number of allylic oxidation sites excluding steroid dienone is 1. The summed E-state index contributed by atoms with van der Waals surface area (Å²) in [4.78, 5) is 17.2. The van der Waals surface area contributed by atoms with Gasteiger partial charge in [-0.25, -0.2) is 0 Å². The molecule has 1 fully saturated rings. The standard InChI is InChI=1S/C20H30N2O4S/c1-3-25-20-16(5-4-11-23)17(15-6-12-27-14-15)13-18(26-20)19(24)22-9-7-21(2)8-10-22/h6,12-14,16-17,20,23H,3-5,7-11H2,1-2H3/t16-,17-,20-/m0/s1. The second-order valence-electron chi connectivity index (χ2n) is 7.18. The number of hydrogen-bond acceptors (Lipinski definition) is 6. The molecule has 2 aliphatic heterocycles. The van der Waals surface area contributed by atoms with Gasteiger partial charge in [-0.05, 0) is 55.3 Å². The molecule has 2 aliphatic rings. The monoisotopic (exact) mass is 394 g/mol. The van der Waals surface area contributed by atoms with Gasteiger partial charge in [0.1, 0.15) is 0 Å². The van der Waals surface area contributed by atoms with E-state index in [2.05, 4.69) is 28.8 Å². The number of rotatable bonds is 7. The molecule has 0 saturated carbocycles. The molecule has 3 atom stereocenters. The second kappa shape index (κ2) is 9.68. The van der Waals surface area contributed by atoms with E-state index in [0.29, 0.717) is 31.9 Å². The number of aliphatic hydroxyl groups is 1. The van der Waals surface area contributed by atoms with Crippen molar-refractivity contribution in [1.82, 2.24) is 9.80 Å². The number of carbonyl (C=O) groups is 1. The van der Waals surface area contributed by atoms with Crippen LogP contribution in [0.5, 0.6) is 0 Å². The molecule has 150 valence electrons. The minimum Gasteiger partial charge on any atom is -0.459 e. The molecular weight excluding hydrogens is 364 g/mol. The topological polar surface area (TPSA) is 62.2 Å². The average molecular weight is 395 g/mol. The first kappa shape index (κ1) is 20.3. The molecule has 0 spiro atoms. The molecule has 1 aromatic heterocycles. The van der Waals surface area contributed by atoms with Gasteiger partial charge in [-0.1, -0.05) is 0 Å². The molecule has 6 nitrogen and oxygen atoms in total. The van der Waals surface area contributed by atoms with Crippen LogP contribution in [0.25, 0.3) is 0 Å². The summed E-state index contributed by atoms with van der Waals surface area (Å²) < 4.78 is 11.9. The first-order valence-electron chi connectivity index (χ1n) is 9.75. The Morgan fingerprint density at radius 1 is 1.37 bits per heavy atom. The third-order valence-corrected chi connectivity index (χ3v) is 6.04. The summed E-state index contributed by atoms with van der Waals surface area (Å²) in [5, 5.41) is 13.5. The molecule has 0 radical (unpaired) electrons. The molecule has 1 N–H and O–H groups in total. The van der Waals surface area contributed by atoms with Crippen LogP contribution in [-0.4, -0.2) is 73.5 Å². The number of aliphatic hydroxyl groups excluding tert-OH is 1. The molecule has 0 aromatic carbocycles. The molecule has 3 rings (SSSR count). The van der Waals surface area contributed by atoms with E-state index >= 15 is 0 Å². The van der Waals surface area contributed by atoms with Crippen molar-refractivity contribution in [3.8, 4) is 0 Å². The van der Waals surface area contributed by atoms with Crippen LogP contribution in [0.2, 0.25) is 0 Å². The predicted octanol–water partition coefficient (Wildman–Crippen LogP) is 2.27. The number of piperazine rings is 1. The van der Waals surface area contributed by atoms with Crippen molar-refractivity contribution in [2.75, 3.05) is 46.4 Å². The van der Waals surface area contributed by atoms with Gasteiger partial charge >= 0.3 is 0 Å². The zero-order valence-electron chi connectivity index (χ0n) is 16.2. The molecule has 0 bridgehead atoms. The van der Waals surface area contributed by atoms with E-state index in [1.165, 1.54) is 5.56 Å². The fourth-order valence-electron chi connectivity index (χ4n) is 3.77. The normalized spacial score (nSPS) is 26.6. The highest BCUT2D eigenvalue weighted by Gasteiger charge is 2.39. The molecule has 1 aromatic rings. The minimum atomic E-state index is -0.470. The van der Waals surface area contributed by atoms with Crippen molar-refractivity contribution in [3.05, 3.63) is 34.2 Å². The van der Waals surface area contributed by atoms with Crippen LogP contribution in [0, 0.1) is 5.92 Å². The number of amides is 1. The van der Waals surface area contributed by atoms with Crippen molar-refractivity contribution < 1.29 is 19.4 Å². The fourth-order valence-corrected chi connectivity index (χ4v) is 4.47. The molecule has 27 heavy (non-hydrogen) atoms. The van der Waals surface area contributed by atoms with Crippen LogP contribution in [0.4, 0.5) is 0 Å². The van der Waals surface area contributed by atoms with Crippen molar-refractivity contribution >= 4 is 17.2 Å². The Kier molecular flexibility index (Phi) is 7.29. The van der Waals surface area contributed by atoms with E-state index in [1.807, 2.05) is 17.9 Å². The molecule has 0 unspecified atom stereocenters. The largest absolute Gasteiger partial charge is 0.459 e. The van der Waals surface area contributed by atoms with Crippen molar-refractivity contribution in [2.45, 2.75) is 32.0 Å². The van der Waals surface area contributed by atoms with Crippen molar-refractivity contribution in [1.29, 1.82) is 0 Å². The maximum atomic E-state index is 13.1. The highest BCUT2D eigenvalue weighted by atomic mass is 32.1. The third kappa shape index (κ3) is 4.90. The summed E-state index contributed by atoms with van der Waals surface area (Å²) >= 11 is 1.65. The first-order valence-corrected chi connectivity index (χ1v) is 10.7. The maximum Gasteiger partial charge on any atom is 0.288 e. The third-order valence-electron chi connectivity index (χ3n) is 5.34. The number of ether oxygens (including phenoxy) is 2. The van der Waals surface area contributed by atoms with Crippen LogP contribution < -0.4 is 0 Å². The Hall–Kier alpha value is -1.41. The fraction of sp³-hybridized carbons (Fsp3) is 0.650. The van der Waals surface area contributed by atoms with Crippen LogP contribution in [0.3, 0.4) is 0 Å². The number of nitrogens with zero attached hydrogens (tertiary/aromatic N) is 2. The molecule has 3 heterocycles. The van der Waals surface area contributed by atoms with Gasteiger partial charge in [-0.15, -0.1) is 0 Å². The molecule has 0 aliphatic carbocycles. The van der Waals surface area contributed by atoms with Gasteiger partial charge in [0.15, 0.2) is 5.76 Å². The van der Waals surface area contributed by atoms with E-state index in [1.54, 1.807) is 11.3 Å². The average Bonchev–Trinajstić information content (AvgIpc) is 3.21. The Morgan fingerprint density at radius 3 is 2.78 bits per heavy atom. The van der Waals surface area contributed by atoms with E-state index in [0.717, 1.165) is 19.5 Å². The molecule has 7 heteroatoms. The van der Waals surface area contributed by atoms with Crippen LogP contribution in [-0.2, 0) is 14.3 Å². The number of carbonyl (C=O) groups excluding carboxylic acids is 1. The van der Waals surface area contributed by atoms with Crippen LogP contribution in [0.15, 0.2) is 28.7 Å². The highest BCUT2D eigenvalue weighted by molar-refractivity contribution is 7.08. The van der Waals surface area contributed by atoms with Crippen molar-refractivity contribution in [2.24, 2.45) is 5.92 Å². The van der Waals surface area contributed by atoms with Gasteiger partial charge in [0.05, 0.1) is 0 Å². The minimum absolute atomic E-state index is 0.0476. The number of likely N-dealkylation sites (N-methyl/N-ethyl adjacent to an activating group) is 1. The van der Waals surface area contributed by atoms with Gasteiger partial charge in [0, 0.05) is 51.2 Å². The summed E-state index contributed by atoms with van der Waals surface area (Å²) in [5.74, 6) is 0.485. The second-order valence-corrected chi connectivity index (χ2v) is 7.96. The quantitative estimate of drug-likeness (QED) is 0.769. The molecule has 1 amide bonds. The van der Waals surface area contributed by atoms with Crippen LogP contribution >= 0.6 is 11.3 Å². The summed E-state index contributed by atoms with van der Waals surface area (Å²) in [6.07, 6.45) is 2.98. The summed E-state index contributed by atoms with van der Waals surface area (Å²) in [6.45, 7) is 5.78. The predicted molar refractivity (Wildman–Crippen MR) is 106 cm³/mol. The Morgan fingerprint density at radius 2 is 2.15 bits per heavy atom. The first-order chi connectivity index (χ1) is 13.1. The molecular formula is C20H30N2O4S. The van der Waals surface area contributed by atoms with Gasteiger partial charge in [-0.3, -0.25) is 4.79 Å². The lowest BCUT2D eigenvalue weighted by atomic mass is 9.81. The Labute approximate surface area is 165 Å². The van der Waals surface area contributed by atoms with Crippen LogP contribution in [0.1, 0.15) is 31.2 Å². The maximum absolute atomic E-state index is 13.1. The summed E-state index contributed by atoms with van der Waals surface area (Å²) in [7, 11) is 2.07. The van der Waals surface area contributed by atoms with E-state index in [-0.39, 0.29) is 24.3 Å². The number of thiophene rings is 1. The van der Waals surface area contributed by atoms with Gasteiger partial charge in [0.25, 0.3) is 5.91 Å². The van der Waals surface area contributed by atoms with Crippen molar-refractivity contribution in [3.63, 3.8) is 0 Å².